The van der Waals surface area contributed by atoms with Crippen LogP contribution < -0.4 is 5.32 Å². The van der Waals surface area contributed by atoms with Crippen molar-refractivity contribution in [2.45, 2.75) is 57.2 Å². The van der Waals surface area contributed by atoms with E-state index in [-0.39, 0.29) is 6.04 Å². The highest BCUT2D eigenvalue weighted by Gasteiger charge is 2.36. The Morgan fingerprint density at radius 3 is 2.73 bits per heavy atom. The maximum absolute atomic E-state index is 12.4. The molecule has 0 spiro atoms. The molecule has 4 heteroatoms. The maximum atomic E-state index is 12.4. The second-order valence-electron chi connectivity index (χ2n) is 4.78. The zero-order valence-electron chi connectivity index (χ0n) is 9.26. The van der Waals surface area contributed by atoms with E-state index in [1.165, 1.54) is 19.3 Å². The molecule has 3 unspecified atom stereocenters. The van der Waals surface area contributed by atoms with E-state index in [9.17, 15) is 8.78 Å². The summed E-state index contributed by atoms with van der Waals surface area (Å²) >= 11 is 0. The number of fused-ring (bicyclic) bond motifs is 1. The van der Waals surface area contributed by atoms with E-state index in [4.69, 9.17) is 0 Å². The van der Waals surface area contributed by atoms with Crippen molar-refractivity contribution in [3.8, 4) is 0 Å². The quantitative estimate of drug-likeness (QED) is 0.777. The number of hydrogen-bond acceptors (Lipinski definition) is 2. The predicted octanol–water partition coefficient (Wildman–Crippen LogP) is 1.86. The van der Waals surface area contributed by atoms with Crippen LogP contribution in [0.2, 0.25) is 0 Å². The first-order valence-electron chi connectivity index (χ1n) is 5.96. The van der Waals surface area contributed by atoms with Gasteiger partial charge in [-0.2, -0.15) is 0 Å². The Bertz CT molecular complexity index is 211. The molecule has 2 fully saturated rings. The largest absolute Gasteiger partial charge is 0.305 e. The van der Waals surface area contributed by atoms with Crippen LogP contribution in [0.5, 0.6) is 0 Å². The minimum absolute atomic E-state index is 0.286. The fourth-order valence-electron chi connectivity index (χ4n) is 2.85. The van der Waals surface area contributed by atoms with Gasteiger partial charge in [0.15, 0.2) is 0 Å². The number of nitrogens with one attached hydrogen (secondary N) is 1. The second-order valence-corrected chi connectivity index (χ2v) is 4.78. The minimum atomic E-state index is -2.25. The Kier molecular flexibility index (Phi) is 3.57. The van der Waals surface area contributed by atoms with E-state index in [2.05, 4.69) is 10.2 Å². The topological polar surface area (TPSA) is 15.3 Å². The third-order valence-corrected chi connectivity index (χ3v) is 3.71. The van der Waals surface area contributed by atoms with E-state index >= 15 is 0 Å². The van der Waals surface area contributed by atoms with Crippen molar-refractivity contribution >= 4 is 0 Å². The molecule has 2 saturated heterocycles. The lowest BCUT2D eigenvalue weighted by Crippen LogP contribution is -2.49. The minimum Gasteiger partial charge on any atom is -0.305 e. The van der Waals surface area contributed by atoms with Crippen LogP contribution >= 0.6 is 0 Å². The van der Waals surface area contributed by atoms with Crippen LogP contribution in [0.1, 0.15) is 32.6 Å². The van der Waals surface area contributed by atoms with Crippen LogP contribution in [-0.2, 0) is 0 Å². The average Bonchev–Trinajstić information content (AvgIpc) is 2.62. The number of piperidine rings is 1. The molecule has 0 aliphatic carbocycles. The normalized spacial score (nSPS) is 34.4. The summed E-state index contributed by atoms with van der Waals surface area (Å²) in [6.07, 6.45) is 2.48. The van der Waals surface area contributed by atoms with Gasteiger partial charge >= 0.3 is 0 Å². The summed E-state index contributed by atoms with van der Waals surface area (Å²) in [7, 11) is 0. The molecule has 2 aliphatic heterocycles. The van der Waals surface area contributed by atoms with Gasteiger partial charge in [0.05, 0.1) is 6.04 Å². The summed E-state index contributed by atoms with van der Waals surface area (Å²) in [5.74, 6) is 0. The molecule has 0 amide bonds. The molecular formula is C11H20F2N2. The van der Waals surface area contributed by atoms with Gasteiger partial charge in [-0.3, -0.25) is 4.90 Å². The van der Waals surface area contributed by atoms with Crippen LogP contribution in [0.4, 0.5) is 8.78 Å². The standard InChI is InChI=1S/C11H20F2N2/c1-8(11(12)13)14-9-5-7-15-6-3-2-4-10(9)15/h8-11,14H,2-7H2,1H3. The zero-order valence-corrected chi connectivity index (χ0v) is 9.26. The molecule has 0 bridgehead atoms. The van der Waals surface area contributed by atoms with Crippen LogP contribution in [0.15, 0.2) is 0 Å². The van der Waals surface area contributed by atoms with Gasteiger partial charge in [0.25, 0.3) is 6.43 Å². The SMILES string of the molecule is CC(NC1CCN2CCCCC12)C(F)F. The molecule has 88 valence electrons. The molecular weight excluding hydrogens is 198 g/mol. The molecule has 2 rings (SSSR count). The van der Waals surface area contributed by atoms with Crippen molar-refractivity contribution in [3.63, 3.8) is 0 Å². The molecule has 2 heterocycles. The summed E-state index contributed by atoms with van der Waals surface area (Å²) in [4.78, 5) is 2.46. The lowest BCUT2D eigenvalue weighted by atomic mass is 9.98. The number of nitrogens with zero attached hydrogens (tertiary/aromatic N) is 1. The van der Waals surface area contributed by atoms with Gasteiger partial charge in [0, 0.05) is 18.6 Å². The molecule has 0 radical (unpaired) electrons. The third-order valence-electron chi connectivity index (χ3n) is 3.71. The van der Waals surface area contributed by atoms with Crippen molar-refractivity contribution in [2.24, 2.45) is 0 Å². The molecule has 0 aromatic carbocycles. The van der Waals surface area contributed by atoms with Gasteiger partial charge in [-0.25, -0.2) is 8.78 Å². The molecule has 2 nitrogen and oxygen atoms in total. The number of alkyl halides is 2. The number of rotatable bonds is 3. The summed E-state index contributed by atoms with van der Waals surface area (Å²) in [5.41, 5.74) is 0. The van der Waals surface area contributed by atoms with Gasteiger partial charge in [0.1, 0.15) is 0 Å². The molecule has 15 heavy (non-hydrogen) atoms. The maximum Gasteiger partial charge on any atom is 0.253 e. The predicted molar refractivity (Wildman–Crippen MR) is 56.2 cm³/mol. The summed E-state index contributed by atoms with van der Waals surface area (Å²) in [6.45, 7) is 3.82. The first-order valence-corrected chi connectivity index (χ1v) is 5.96. The first kappa shape index (κ1) is 11.3. The van der Waals surface area contributed by atoms with Gasteiger partial charge in [-0.15, -0.1) is 0 Å². The highest BCUT2D eigenvalue weighted by atomic mass is 19.3. The number of halogens is 2. The van der Waals surface area contributed by atoms with E-state index in [1.54, 1.807) is 6.92 Å². The average molecular weight is 218 g/mol. The summed E-state index contributed by atoms with van der Waals surface area (Å²) < 4.78 is 24.9. The Balaban J connectivity index is 1.87. The van der Waals surface area contributed by atoms with Crippen LogP contribution in [0, 0.1) is 0 Å². The zero-order chi connectivity index (χ0) is 10.8. The molecule has 2 aliphatic rings. The van der Waals surface area contributed by atoms with E-state index in [0.29, 0.717) is 6.04 Å². The Labute approximate surface area is 90.0 Å². The fourth-order valence-corrected chi connectivity index (χ4v) is 2.85. The van der Waals surface area contributed by atoms with Crippen molar-refractivity contribution in [3.05, 3.63) is 0 Å². The van der Waals surface area contributed by atoms with Gasteiger partial charge in [-0.05, 0) is 32.7 Å². The lowest BCUT2D eigenvalue weighted by Gasteiger charge is -2.33. The van der Waals surface area contributed by atoms with Crippen LogP contribution in [0.25, 0.3) is 0 Å². The summed E-state index contributed by atoms with van der Waals surface area (Å²) in [6, 6.07) is 0.131. The van der Waals surface area contributed by atoms with Crippen molar-refractivity contribution in [2.75, 3.05) is 13.1 Å². The lowest BCUT2D eigenvalue weighted by molar-refractivity contribution is 0.0919. The Morgan fingerprint density at radius 2 is 2.00 bits per heavy atom. The number of hydrogen-bond donors (Lipinski definition) is 1. The van der Waals surface area contributed by atoms with Crippen molar-refractivity contribution in [1.29, 1.82) is 0 Å². The smallest absolute Gasteiger partial charge is 0.253 e. The Hall–Kier alpha value is -0.220. The van der Waals surface area contributed by atoms with Crippen LogP contribution in [-0.4, -0.2) is 42.5 Å². The second kappa shape index (κ2) is 4.74. The van der Waals surface area contributed by atoms with E-state index in [0.717, 1.165) is 19.5 Å². The Morgan fingerprint density at radius 1 is 1.20 bits per heavy atom. The van der Waals surface area contributed by atoms with Crippen molar-refractivity contribution < 1.29 is 8.78 Å². The molecule has 3 atom stereocenters. The van der Waals surface area contributed by atoms with Gasteiger partial charge < -0.3 is 5.32 Å². The molecule has 1 N–H and O–H groups in total. The van der Waals surface area contributed by atoms with Gasteiger partial charge in [-0.1, -0.05) is 6.42 Å². The van der Waals surface area contributed by atoms with E-state index in [1.807, 2.05) is 0 Å². The monoisotopic (exact) mass is 218 g/mol. The molecule has 0 saturated carbocycles. The van der Waals surface area contributed by atoms with Gasteiger partial charge in [0.2, 0.25) is 0 Å². The third kappa shape index (κ3) is 2.48. The fraction of sp³-hybridized carbons (Fsp3) is 1.00. The van der Waals surface area contributed by atoms with E-state index < -0.39 is 12.5 Å². The first-order chi connectivity index (χ1) is 7.18. The molecule has 0 aromatic rings. The highest BCUT2D eigenvalue weighted by molar-refractivity contribution is 4.95. The molecule has 0 aromatic heterocycles. The highest BCUT2D eigenvalue weighted by Crippen LogP contribution is 2.27. The summed E-state index contributed by atoms with van der Waals surface area (Å²) in [5, 5.41) is 3.09. The van der Waals surface area contributed by atoms with Crippen LogP contribution in [0.3, 0.4) is 0 Å². The van der Waals surface area contributed by atoms with Crippen molar-refractivity contribution in [1.82, 2.24) is 10.2 Å².